The first-order valence-corrected chi connectivity index (χ1v) is 12.6. The maximum atomic E-state index is 12.7. The van der Waals surface area contributed by atoms with E-state index in [1.807, 2.05) is 0 Å². The number of aliphatic hydroxyl groups is 2. The second-order valence-corrected chi connectivity index (χ2v) is 9.52. The van der Waals surface area contributed by atoms with Crippen LogP contribution in [0.25, 0.3) is 0 Å². The molecule has 0 aromatic rings. The summed E-state index contributed by atoms with van der Waals surface area (Å²) in [5, 5.41) is 19.5. The first-order chi connectivity index (χ1) is 14.2. The van der Waals surface area contributed by atoms with Gasteiger partial charge in [0.05, 0.1) is 29.0 Å². The quantitative estimate of drug-likeness (QED) is 0.0903. The van der Waals surface area contributed by atoms with Crippen LogP contribution in [0.2, 0.25) is 0 Å². The van der Waals surface area contributed by atoms with Gasteiger partial charge in [-0.2, -0.15) is 0 Å². The molecule has 0 fully saturated rings. The number of Topliss-reactive ketones (excluding diaryl/α,β-unsaturated/α-hetero) is 1. The van der Waals surface area contributed by atoms with E-state index in [-0.39, 0.29) is 65.4 Å². The van der Waals surface area contributed by atoms with E-state index >= 15 is 0 Å². The number of hydrogen-bond donors (Lipinski definition) is 2. The van der Waals surface area contributed by atoms with Crippen molar-refractivity contribution in [1.29, 1.82) is 0 Å². The van der Waals surface area contributed by atoms with Gasteiger partial charge in [-0.1, -0.05) is 38.3 Å². The Kier molecular flexibility index (Phi) is 16.4. The molecule has 0 saturated carbocycles. The molecule has 0 radical (unpaired) electrons. The van der Waals surface area contributed by atoms with Crippen molar-refractivity contribution in [2.45, 2.75) is 70.8 Å². The van der Waals surface area contributed by atoms with Gasteiger partial charge in [-0.3, -0.25) is 9.28 Å². The number of unbranched alkanes of at least 4 members (excludes halogenated alkanes) is 6. The second-order valence-electron chi connectivity index (χ2n) is 8.07. The molecule has 0 bridgehead atoms. The Hall–Kier alpha value is -0.130. The van der Waals surface area contributed by atoms with Gasteiger partial charge >= 0.3 is 29.6 Å². The smallest absolute Gasteiger partial charge is 0.748 e. The van der Waals surface area contributed by atoms with Crippen LogP contribution in [0, 0.1) is 0 Å². The van der Waals surface area contributed by atoms with Gasteiger partial charge in [0, 0.05) is 6.42 Å². The van der Waals surface area contributed by atoms with Crippen molar-refractivity contribution in [2.75, 3.05) is 38.5 Å². The molecule has 8 nitrogen and oxygen atoms in total. The molecule has 1 heterocycles. The Morgan fingerprint density at radius 3 is 2.42 bits per heavy atom. The van der Waals surface area contributed by atoms with Gasteiger partial charge in [0.15, 0.2) is 0 Å². The topological polar surface area (TPSA) is 127 Å². The molecule has 2 unspecified atom stereocenters. The van der Waals surface area contributed by atoms with Crippen molar-refractivity contribution < 1.29 is 62.0 Å². The van der Waals surface area contributed by atoms with Crippen molar-refractivity contribution in [3.8, 4) is 0 Å². The SMILES string of the molecule is CCCCCC/C=C/CCCCC(=O)C1=NCC[N+]1(CCO)CC(O)CS(=O)(=O)[O-].[Na+]. The first-order valence-electron chi connectivity index (χ1n) is 11.1. The number of rotatable bonds is 17. The third-order valence-electron chi connectivity index (χ3n) is 5.39. The Morgan fingerprint density at radius 2 is 1.84 bits per heavy atom. The van der Waals surface area contributed by atoms with Crippen LogP contribution in [-0.4, -0.2) is 83.9 Å². The zero-order valence-electron chi connectivity index (χ0n) is 19.2. The largest absolute Gasteiger partial charge is 1.00 e. The Bertz CT molecular complexity index is 683. The summed E-state index contributed by atoms with van der Waals surface area (Å²) in [4.78, 5) is 17.0. The number of ketones is 1. The van der Waals surface area contributed by atoms with E-state index in [2.05, 4.69) is 24.1 Å². The van der Waals surface area contributed by atoms with Gasteiger partial charge in [-0.05, 0) is 32.1 Å². The molecular formula is C21H38N2NaO6S+. The number of nitrogens with zero attached hydrogens (tertiary/aromatic N) is 2. The predicted molar refractivity (Wildman–Crippen MR) is 116 cm³/mol. The van der Waals surface area contributed by atoms with Crippen molar-refractivity contribution in [3.05, 3.63) is 12.2 Å². The maximum Gasteiger partial charge on any atom is 1.00 e. The number of allylic oxidation sites excluding steroid dienone is 2. The number of aliphatic hydroxyl groups excluding tert-OH is 2. The van der Waals surface area contributed by atoms with Crippen LogP contribution in [0.4, 0.5) is 0 Å². The average molecular weight is 470 g/mol. The molecule has 1 rings (SSSR count). The average Bonchev–Trinajstić information content (AvgIpc) is 3.04. The minimum Gasteiger partial charge on any atom is -0.748 e. The minimum absolute atomic E-state index is 0. The van der Waals surface area contributed by atoms with Crippen LogP contribution < -0.4 is 29.6 Å². The standard InChI is InChI=1S/C21H38N2O6S.Na/c1-2-3-4-5-6-7-8-9-10-11-12-20(26)21-22-13-14-23(21,15-16-24)17-19(25)18-30(27,28)29;/h7-8,19,24-25H,2-6,9-18H2,1H3;/q;+1/b8-7+;. The molecule has 2 N–H and O–H groups in total. The molecule has 0 amide bonds. The van der Waals surface area contributed by atoms with Crippen molar-refractivity contribution in [2.24, 2.45) is 4.99 Å². The van der Waals surface area contributed by atoms with Crippen LogP contribution in [0.1, 0.15) is 64.7 Å². The van der Waals surface area contributed by atoms with Crippen LogP contribution in [0.3, 0.4) is 0 Å². The zero-order chi connectivity index (χ0) is 22.5. The van der Waals surface area contributed by atoms with E-state index in [4.69, 9.17) is 0 Å². The first kappa shape index (κ1) is 30.9. The summed E-state index contributed by atoms with van der Waals surface area (Å²) in [6.45, 7) is 2.78. The van der Waals surface area contributed by atoms with E-state index in [1.54, 1.807) is 0 Å². The van der Waals surface area contributed by atoms with E-state index < -0.39 is 22.0 Å². The van der Waals surface area contributed by atoms with Gasteiger partial charge in [0.25, 0.3) is 5.84 Å². The normalized spacial score (nSPS) is 19.9. The molecule has 174 valence electrons. The van der Waals surface area contributed by atoms with E-state index in [9.17, 15) is 28.0 Å². The number of carbonyl (C=O) groups is 1. The number of hydrogen-bond acceptors (Lipinski definition) is 7. The molecule has 0 aliphatic carbocycles. The summed E-state index contributed by atoms with van der Waals surface area (Å²) in [7, 11) is -4.58. The fourth-order valence-corrected chi connectivity index (χ4v) is 4.49. The molecule has 0 spiro atoms. The number of aliphatic imine (C=N–C) groups is 1. The zero-order valence-corrected chi connectivity index (χ0v) is 22.0. The molecule has 31 heavy (non-hydrogen) atoms. The molecule has 10 heteroatoms. The maximum absolute atomic E-state index is 12.7. The summed E-state index contributed by atoms with van der Waals surface area (Å²) in [5.74, 6) is -0.774. The fraction of sp³-hybridized carbons (Fsp3) is 0.810. The van der Waals surface area contributed by atoms with Gasteiger partial charge in [-0.15, -0.1) is 0 Å². The van der Waals surface area contributed by atoms with Crippen molar-refractivity contribution in [3.63, 3.8) is 0 Å². The van der Waals surface area contributed by atoms with Gasteiger partial charge in [-0.25, -0.2) is 13.4 Å². The summed E-state index contributed by atoms with van der Waals surface area (Å²) >= 11 is 0. The number of carbonyl (C=O) groups excluding carboxylic acids is 1. The second kappa shape index (κ2) is 16.5. The van der Waals surface area contributed by atoms with Crippen LogP contribution >= 0.6 is 0 Å². The van der Waals surface area contributed by atoms with E-state index in [0.29, 0.717) is 25.9 Å². The molecule has 1 aliphatic heterocycles. The van der Waals surface area contributed by atoms with Gasteiger partial charge in [0.1, 0.15) is 25.7 Å². The molecule has 1 aliphatic rings. The fourth-order valence-electron chi connectivity index (χ4n) is 3.91. The van der Waals surface area contributed by atoms with E-state index in [0.717, 1.165) is 19.3 Å². The Labute approximate surface area is 209 Å². The summed E-state index contributed by atoms with van der Waals surface area (Å²) in [6.07, 6.45) is 11.9. The summed E-state index contributed by atoms with van der Waals surface area (Å²) in [5.41, 5.74) is 0. The summed E-state index contributed by atoms with van der Waals surface area (Å²) in [6, 6.07) is 0. The predicted octanol–water partition coefficient (Wildman–Crippen LogP) is -1.23. The Morgan fingerprint density at radius 1 is 1.19 bits per heavy atom. The Balaban J connectivity index is 0.00000900. The molecule has 0 aromatic heterocycles. The van der Waals surface area contributed by atoms with E-state index in [1.165, 1.54) is 25.7 Å². The third kappa shape index (κ3) is 12.6. The van der Waals surface area contributed by atoms with Crippen LogP contribution in [0.15, 0.2) is 17.1 Å². The molecular weight excluding hydrogens is 431 g/mol. The summed E-state index contributed by atoms with van der Waals surface area (Å²) < 4.78 is 32.7. The third-order valence-corrected chi connectivity index (χ3v) is 6.18. The molecule has 0 saturated heterocycles. The van der Waals surface area contributed by atoms with Gasteiger partial charge in [0.2, 0.25) is 5.78 Å². The van der Waals surface area contributed by atoms with Crippen LogP contribution in [-0.2, 0) is 14.9 Å². The van der Waals surface area contributed by atoms with Crippen LogP contribution in [0.5, 0.6) is 0 Å². The van der Waals surface area contributed by atoms with Crippen molar-refractivity contribution >= 4 is 21.7 Å². The molecule has 2 atom stereocenters. The minimum atomic E-state index is -4.58. The molecule has 0 aromatic carbocycles. The van der Waals surface area contributed by atoms with Gasteiger partial charge < -0.3 is 14.8 Å². The monoisotopic (exact) mass is 469 g/mol. The number of quaternary nitrogens is 1. The number of amidine groups is 1. The van der Waals surface area contributed by atoms with Crippen molar-refractivity contribution in [1.82, 2.24) is 0 Å².